The number of amides is 1. The Kier molecular flexibility index (Phi) is 5.93. The van der Waals surface area contributed by atoms with Gasteiger partial charge in [-0.2, -0.15) is 10.1 Å². The van der Waals surface area contributed by atoms with Crippen molar-refractivity contribution in [3.8, 4) is 17.2 Å². The Morgan fingerprint density at radius 2 is 1.94 bits per heavy atom. The van der Waals surface area contributed by atoms with Gasteiger partial charge in [-0.05, 0) is 42.5 Å². The van der Waals surface area contributed by atoms with Crippen molar-refractivity contribution in [1.82, 2.24) is 29.3 Å². The molecule has 0 saturated heterocycles. The number of hydrogen-bond donors (Lipinski definition) is 2. The number of anilines is 3. The second-order valence-corrected chi connectivity index (χ2v) is 7.68. The Morgan fingerprint density at radius 3 is 2.69 bits per heavy atom. The smallest absolute Gasteiger partial charge is 0.299 e. The number of ether oxygens (including phenoxy) is 1. The standard InChI is InChI=1S/C25H20N8O3/c1-3-22(34)29-17-5-4-6-19(12-17)33-23-16(11-21(24(33)35)36-20-7-9-26-10-8-20)13-27-25(31-23)30-18-14-28-32(2)15-18/h3-15H,1H2,2H3,(H,29,34)(H,27,30,31). The summed E-state index contributed by atoms with van der Waals surface area (Å²) in [6.45, 7) is 3.47. The van der Waals surface area contributed by atoms with E-state index in [9.17, 15) is 9.59 Å². The van der Waals surface area contributed by atoms with Gasteiger partial charge in [-0.3, -0.25) is 23.8 Å². The third-order valence-electron chi connectivity index (χ3n) is 5.10. The van der Waals surface area contributed by atoms with Crippen molar-refractivity contribution < 1.29 is 9.53 Å². The molecule has 0 saturated carbocycles. The van der Waals surface area contributed by atoms with Crippen LogP contribution in [0.1, 0.15) is 0 Å². The highest BCUT2D eigenvalue weighted by Gasteiger charge is 2.16. The van der Waals surface area contributed by atoms with E-state index in [2.05, 4.69) is 37.3 Å². The molecule has 5 aromatic rings. The lowest BCUT2D eigenvalue weighted by Gasteiger charge is -2.14. The third kappa shape index (κ3) is 4.66. The molecule has 0 aliphatic heterocycles. The average molecular weight is 480 g/mol. The molecule has 1 amide bonds. The van der Waals surface area contributed by atoms with Crippen molar-refractivity contribution >= 4 is 34.3 Å². The van der Waals surface area contributed by atoms with E-state index >= 15 is 0 Å². The second kappa shape index (κ2) is 9.50. The first-order valence-electron chi connectivity index (χ1n) is 10.8. The summed E-state index contributed by atoms with van der Waals surface area (Å²) in [7, 11) is 1.80. The molecular formula is C25H20N8O3. The Labute approximate surface area is 204 Å². The van der Waals surface area contributed by atoms with Crippen LogP contribution in [0.5, 0.6) is 11.5 Å². The van der Waals surface area contributed by atoms with E-state index < -0.39 is 5.56 Å². The van der Waals surface area contributed by atoms with Crippen LogP contribution in [0.2, 0.25) is 0 Å². The molecule has 4 aromatic heterocycles. The number of benzene rings is 1. The van der Waals surface area contributed by atoms with Crippen LogP contribution in [0.3, 0.4) is 0 Å². The molecule has 178 valence electrons. The number of carbonyl (C=O) groups is 1. The molecule has 11 heteroatoms. The van der Waals surface area contributed by atoms with Gasteiger partial charge in [-0.1, -0.05) is 12.6 Å². The van der Waals surface area contributed by atoms with Crippen LogP contribution in [0.4, 0.5) is 17.3 Å². The zero-order valence-corrected chi connectivity index (χ0v) is 19.1. The minimum absolute atomic E-state index is 0.0748. The van der Waals surface area contributed by atoms with Gasteiger partial charge in [-0.25, -0.2) is 4.98 Å². The maximum Gasteiger partial charge on any atom is 0.299 e. The SMILES string of the molecule is C=CC(=O)Nc1cccc(-n2c(=O)c(Oc3ccncc3)cc3cnc(Nc4cnn(C)c4)nc32)c1. The van der Waals surface area contributed by atoms with Crippen molar-refractivity contribution in [2.24, 2.45) is 7.05 Å². The first-order valence-corrected chi connectivity index (χ1v) is 10.8. The predicted octanol–water partition coefficient (Wildman–Crippen LogP) is 3.57. The first-order chi connectivity index (χ1) is 17.5. The molecule has 2 N–H and O–H groups in total. The largest absolute Gasteiger partial charge is 0.451 e. The number of rotatable bonds is 7. The lowest BCUT2D eigenvalue weighted by molar-refractivity contribution is -0.111. The van der Waals surface area contributed by atoms with Gasteiger partial charge in [0.15, 0.2) is 11.4 Å². The highest BCUT2D eigenvalue weighted by atomic mass is 16.5. The molecule has 36 heavy (non-hydrogen) atoms. The molecule has 0 fully saturated rings. The molecule has 1 aromatic carbocycles. The second-order valence-electron chi connectivity index (χ2n) is 7.68. The van der Waals surface area contributed by atoms with E-state index in [0.29, 0.717) is 33.8 Å². The Bertz CT molecular complexity index is 1640. The number of nitrogens with zero attached hydrogens (tertiary/aromatic N) is 6. The number of hydrogen-bond acceptors (Lipinski definition) is 8. The summed E-state index contributed by atoms with van der Waals surface area (Å²) >= 11 is 0. The Morgan fingerprint density at radius 1 is 1.11 bits per heavy atom. The third-order valence-corrected chi connectivity index (χ3v) is 5.10. The van der Waals surface area contributed by atoms with Gasteiger partial charge < -0.3 is 15.4 Å². The highest BCUT2D eigenvalue weighted by molar-refractivity contribution is 5.99. The summed E-state index contributed by atoms with van der Waals surface area (Å²) in [6, 6.07) is 11.7. The van der Waals surface area contributed by atoms with Crippen molar-refractivity contribution in [3.63, 3.8) is 0 Å². The molecule has 0 aliphatic carbocycles. The Hall–Kier alpha value is -5.32. The van der Waals surface area contributed by atoms with Gasteiger partial charge in [0.05, 0.1) is 17.6 Å². The fraction of sp³-hybridized carbons (Fsp3) is 0.0400. The summed E-state index contributed by atoms with van der Waals surface area (Å²) in [5, 5.41) is 10.5. The van der Waals surface area contributed by atoms with Gasteiger partial charge in [0, 0.05) is 42.9 Å². The molecule has 0 bridgehead atoms. The number of aryl methyl sites for hydroxylation is 1. The van der Waals surface area contributed by atoms with Crippen LogP contribution < -0.4 is 20.9 Å². The van der Waals surface area contributed by atoms with Crippen LogP contribution in [0, 0.1) is 0 Å². The fourth-order valence-corrected chi connectivity index (χ4v) is 3.51. The average Bonchev–Trinajstić information content (AvgIpc) is 3.29. The first kappa shape index (κ1) is 22.5. The molecule has 0 unspecified atom stereocenters. The van der Waals surface area contributed by atoms with Gasteiger partial charge in [0.2, 0.25) is 11.9 Å². The predicted molar refractivity (Wildman–Crippen MR) is 135 cm³/mol. The normalized spacial score (nSPS) is 10.7. The molecule has 5 rings (SSSR count). The van der Waals surface area contributed by atoms with E-state index in [1.165, 1.54) is 10.6 Å². The monoisotopic (exact) mass is 480 g/mol. The topological polar surface area (TPSA) is 129 Å². The van der Waals surface area contributed by atoms with E-state index in [-0.39, 0.29) is 17.6 Å². The summed E-state index contributed by atoms with van der Waals surface area (Å²) in [6.07, 6.45) is 9.32. The van der Waals surface area contributed by atoms with Crippen molar-refractivity contribution in [3.05, 3.63) is 96.5 Å². The summed E-state index contributed by atoms with van der Waals surface area (Å²) in [4.78, 5) is 38.5. The van der Waals surface area contributed by atoms with Crippen LogP contribution in [-0.2, 0) is 11.8 Å². The highest BCUT2D eigenvalue weighted by Crippen LogP contribution is 2.25. The lowest BCUT2D eigenvalue weighted by Crippen LogP contribution is -2.21. The zero-order valence-electron chi connectivity index (χ0n) is 19.1. The van der Waals surface area contributed by atoms with Crippen molar-refractivity contribution in [2.45, 2.75) is 0 Å². The number of carbonyl (C=O) groups excluding carboxylic acids is 1. The lowest BCUT2D eigenvalue weighted by atomic mass is 10.2. The van der Waals surface area contributed by atoms with Gasteiger partial charge in [-0.15, -0.1) is 0 Å². The molecule has 0 aliphatic rings. The Balaban J connectivity index is 1.67. The number of fused-ring (bicyclic) bond motifs is 1. The quantitative estimate of drug-likeness (QED) is 0.338. The number of pyridine rings is 2. The van der Waals surface area contributed by atoms with Gasteiger partial charge in [0.25, 0.3) is 5.56 Å². The van der Waals surface area contributed by atoms with Crippen LogP contribution in [-0.4, -0.2) is 35.2 Å². The maximum atomic E-state index is 13.7. The van der Waals surface area contributed by atoms with E-state index in [4.69, 9.17) is 4.74 Å². The molecule has 0 atom stereocenters. The minimum Gasteiger partial charge on any atom is -0.451 e. The maximum absolute atomic E-state index is 13.7. The summed E-state index contributed by atoms with van der Waals surface area (Å²) in [5.74, 6) is 0.438. The summed E-state index contributed by atoms with van der Waals surface area (Å²) < 4.78 is 8.93. The molecule has 4 heterocycles. The van der Waals surface area contributed by atoms with Crippen LogP contribution in [0.15, 0.2) is 90.9 Å². The van der Waals surface area contributed by atoms with E-state index in [1.54, 1.807) is 85.2 Å². The van der Waals surface area contributed by atoms with Crippen LogP contribution in [0.25, 0.3) is 16.7 Å². The minimum atomic E-state index is -0.447. The molecular weight excluding hydrogens is 460 g/mol. The van der Waals surface area contributed by atoms with Crippen molar-refractivity contribution in [1.29, 1.82) is 0 Å². The van der Waals surface area contributed by atoms with Crippen LogP contribution >= 0.6 is 0 Å². The van der Waals surface area contributed by atoms with E-state index in [0.717, 1.165) is 0 Å². The van der Waals surface area contributed by atoms with Gasteiger partial charge in [0.1, 0.15) is 5.75 Å². The number of aromatic nitrogens is 6. The summed E-state index contributed by atoms with van der Waals surface area (Å²) in [5.41, 5.74) is 1.55. The number of nitrogens with one attached hydrogen (secondary N) is 2. The molecule has 0 radical (unpaired) electrons. The fourth-order valence-electron chi connectivity index (χ4n) is 3.51. The van der Waals surface area contributed by atoms with Gasteiger partial charge >= 0.3 is 0 Å². The van der Waals surface area contributed by atoms with Crippen molar-refractivity contribution in [2.75, 3.05) is 10.6 Å². The molecule has 0 spiro atoms. The van der Waals surface area contributed by atoms with E-state index in [1.807, 2.05) is 0 Å². The molecule has 11 nitrogen and oxygen atoms in total. The zero-order chi connectivity index (χ0) is 25.1.